The zero-order valence-corrected chi connectivity index (χ0v) is 7.48. The van der Waals surface area contributed by atoms with Crippen molar-refractivity contribution in [2.75, 3.05) is 7.05 Å². The van der Waals surface area contributed by atoms with Crippen molar-refractivity contribution in [1.82, 2.24) is 10.2 Å². The van der Waals surface area contributed by atoms with Crippen molar-refractivity contribution in [3.8, 4) is 0 Å². The van der Waals surface area contributed by atoms with Crippen molar-refractivity contribution in [3.05, 3.63) is 29.9 Å². The van der Waals surface area contributed by atoms with Crippen LogP contribution in [-0.2, 0) is 4.79 Å². The molecular weight excluding hydrogens is 184 g/mol. The van der Waals surface area contributed by atoms with E-state index in [0.29, 0.717) is 5.76 Å². The number of nitrogens with zero attached hydrogens (tertiary/aromatic N) is 1. The van der Waals surface area contributed by atoms with Crippen LogP contribution < -0.4 is 5.32 Å². The molecule has 5 nitrogen and oxygen atoms in total. The minimum atomic E-state index is -0.423. The van der Waals surface area contributed by atoms with E-state index in [2.05, 4.69) is 5.32 Å². The first kappa shape index (κ1) is 8.55. The summed E-state index contributed by atoms with van der Waals surface area (Å²) in [5, 5.41) is 2.43. The Morgan fingerprint density at radius 2 is 2.29 bits per heavy atom. The number of carbonyl (C=O) groups is 2. The normalized spacial score (nSPS) is 19.2. The van der Waals surface area contributed by atoms with E-state index in [0.717, 1.165) is 4.90 Å². The smallest absolute Gasteiger partial charge is 0.328 e. The minimum absolute atomic E-state index is 0.229. The molecule has 1 aromatic rings. The molecule has 0 saturated carbocycles. The molecule has 1 N–H and O–H groups in total. The number of furan rings is 1. The lowest BCUT2D eigenvalue weighted by molar-refractivity contribution is -0.121. The second-order valence-corrected chi connectivity index (χ2v) is 2.87. The third-order valence-corrected chi connectivity index (χ3v) is 1.91. The maximum Gasteiger partial charge on any atom is 0.328 e. The Bertz CT molecular complexity index is 406. The van der Waals surface area contributed by atoms with Gasteiger partial charge in [-0.2, -0.15) is 0 Å². The van der Waals surface area contributed by atoms with Crippen LogP contribution >= 0.6 is 0 Å². The van der Waals surface area contributed by atoms with Gasteiger partial charge in [0.2, 0.25) is 0 Å². The highest BCUT2D eigenvalue weighted by Gasteiger charge is 2.30. The highest BCUT2D eigenvalue weighted by molar-refractivity contribution is 6.13. The fourth-order valence-corrected chi connectivity index (χ4v) is 1.14. The van der Waals surface area contributed by atoms with Gasteiger partial charge in [0.25, 0.3) is 5.91 Å². The van der Waals surface area contributed by atoms with Crippen LogP contribution in [0.2, 0.25) is 0 Å². The van der Waals surface area contributed by atoms with E-state index in [4.69, 9.17) is 4.42 Å². The van der Waals surface area contributed by atoms with Crippen LogP contribution in [0.3, 0.4) is 0 Å². The summed E-state index contributed by atoms with van der Waals surface area (Å²) in [4.78, 5) is 23.4. The van der Waals surface area contributed by atoms with Crippen LogP contribution in [0, 0.1) is 0 Å². The van der Waals surface area contributed by atoms with E-state index in [9.17, 15) is 9.59 Å². The number of carbonyl (C=O) groups excluding carboxylic acids is 2. The molecule has 5 heteroatoms. The van der Waals surface area contributed by atoms with Gasteiger partial charge in [-0.05, 0) is 12.1 Å². The molecule has 3 amide bonds. The molecule has 0 spiro atoms. The van der Waals surface area contributed by atoms with Crippen molar-refractivity contribution in [3.63, 3.8) is 0 Å². The number of amides is 3. The zero-order chi connectivity index (χ0) is 10.1. The summed E-state index contributed by atoms with van der Waals surface area (Å²) in [6.45, 7) is 0. The molecule has 1 aromatic heterocycles. The first-order valence-corrected chi connectivity index (χ1v) is 4.03. The fraction of sp³-hybridized carbons (Fsp3) is 0.111. The molecule has 2 heterocycles. The van der Waals surface area contributed by atoms with Crippen molar-refractivity contribution < 1.29 is 14.0 Å². The molecular formula is C9H8N2O3. The van der Waals surface area contributed by atoms with Gasteiger partial charge in [-0.15, -0.1) is 0 Å². The summed E-state index contributed by atoms with van der Waals surface area (Å²) >= 11 is 0. The third kappa shape index (κ3) is 1.28. The number of nitrogens with one attached hydrogen (secondary N) is 1. The minimum Gasteiger partial charge on any atom is -0.465 e. The van der Waals surface area contributed by atoms with E-state index >= 15 is 0 Å². The number of rotatable bonds is 1. The van der Waals surface area contributed by atoms with Gasteiger partial charge in [-0.3, -0.25) is 9.69 Å². The average molecular weight is 192 g/mol. The standard InChI is InChI=1S/C9H8N2O3/c1-11-8(12)7(10-9(11)13)5-6-3-2-4-14-6/h2-5H,1H3,(H,10,13)/b7-5-. The lowest BCUT2D eigenvalue weighted by Crippen LogP contribution is -2.25. The maximum atomic E-state index is 11.4. The highest BCUT2D eigenvalue weighted by atomic mass is 16.3. The predicted molar refractivity (Wildman–Crippen MR) is 48.0 cm³/mol. The van der Waals surface area contributed by atoms with Crippen molar-refractivity contribution in [1.29, 1.82) is 0 Å². The second kappa shape index (κ2) is 3.02. The van der Waals surface area contributed by atoms with Crippen LogP contribution in [0.4, 0.5) is 4.79 Å². The Kier molecular flexibility index (Phi) is 1.85. The third-order valence-electron chi connectivity index (χ3n) is 1.91. The van der Waals surface area contributed by atoms with Crippen LogP contribution in [0.5, 0.6) is 0 Å². The van der Waals surface area contributed by atoms with Gasteiger partial charge >= 0.3 is 6.03 Å². The Balaban J connectivity index is 2.29. The van der Waals surface area contributed by atoms with Gasteiger partial charge in [-0.25, -0.2) is 4.79 Å². The molecule has 1 aliphatic rings. The van der Waals surface area contributed by atoms with Crippen molar-refractivity contribution in [2.24, 2.45) is 0 Å². The van der Waals surface area contributed by atoms with Gasteiger partial charge in [0.1, 0.15) is 11.5 Å². The summed E-state index contributed by atoms with van der Waals surface area (Å²) in [5.74, 6) is 0.176. The molecule has 1 saturated heterocycles. The van der Waals surface area contributed by atoms with Gasteiger partial charge in [0.15, 0.2) is 0 Å². The van der Waals surface area contributed by atoms with Crippen molar-refractivity contribution in [2.45, 2.75) is 0 Å². The molecule has 0 atom stereocenters. The Labute approximate surface area is 80.0 Å². The monoisotopic (exact) mass is 192 g/mol. The summed E-state index contributed by atoms with van der Waals surface area (Å²) in [6, 6.07) is 2.98. The molecule has 0 radical (unpaired) electrons. The Morgan fingerprint density at radius 3 is 2.79 bits per heavy atom. The van der Waals surface area contributed by atoms with Crippen LogP contribution in [0.25, 0.3) is 6.08 Å². The lowest BCUT2D eigenvalue weighted by atomic mass is 10.3. The quantitative estimate of drug-likeness (QED) is 0.528. The second-order valence-electron chi connectivity index (χ2n) is 2.87. The molecule has 1 fully saturated rings. The molecule has 0 aromatic carbocycles. The summed E-state index contributed by atoms with van der Waals surface area (Å²) < 4.78 is 5.02. The lowest BCUT2D eigenvalue weighted by Gasteiger charge is -1.99. The number of hydrogen-bond acceptors (Lipinski definition) is 3. The van der Waals surface area contributed by atoms with Crippen LogP contribution in [0.15, 0.2) is 28.5 Å². The Hall–Kier alpha value is -2.04. The number of urea groups is 1. The number of hydrogen-bond donors (Lipinski definition) is 1. The maximum absolute atomic E-state index is 11.4. The van der Waals surface area contributed by atoms with Crippen molar-refractivity contribution >= 4 is 18.0 Å². The molecule has 14 heavy (non-hydrogen) atoms. The zero-order valence-electron chi connectivity index (χ0n) is 7.48. The van der Waals surface area contributed by atoms with Gasteiger partial charge in [0.05, 0.1) is 6.26 Å². The first-order chi connectivity index (χ1) is 6.68. The Morgan fingerprint density at radius 1 is 1.50 bits per heavy atom. The van der Waals surface area contributed by atoms with E-state index in [1.165, 1.54) is 19.4 Å². The summed E-state index contributed by atoms with van der Waals surface area (Å²) in [6.07, 6.45) is 2.99. The molecule has 0 aliphatic carbocycles. The number of imide groups is 1. The first-order valence-electron chi connectivity index (χ1n) is 4.03. The van der Waals surface area contributed by atoms with E-state index in [1.54, 1.807) is 12.1 Å². The van der Waals surface area contributed by atoms with E-state index in [-0.39, 0.29) is 11.6 Å². The SMILES string of the molecule is CN1C(=O)N/C(=C\c2ccco2)C1=O. The predicted octanol–water partition coefficient (Wildman–Crippen LogP) is 0.802. The van der Waals surface area contributed by atoms with Gasteiger partial charge < -0.3 is 9.73 Å². The van der Waals surface area contributed by atoms with Gasteiger partial charge in [0, 0.05) is 13.1 Å². The van der Waals surface area contributed by atoms with Gasteiger partial charge in [-0.1, -0.05) is 0 Å². The summed E-state index contributed by atoms with van der Waals surface area (Å²) in [7, 11) is 1.42. The molecule has 1 aliphatic heterocycles. The topological polar surface area (TPSA) is 62.6 Å². The molecule has 72 valence electrons. The fourth-order valence-electron chi connectivity index (χ4n) is 1.14. The molecule has 0 unspecified atom stereocenters. The number of likely N-dealkylation sites (N-methyl/N-ethyl adjacent to an activating group) is 1. The summed E-state index contributed by atoms with van der Waals surface area (Å²) in [5.41, 5.74) is 0.229. The molecule has 2 rings (SSSR count). The van der Waals surface area contributed by atoms with Crippen LogP contribution in [0.1, 0.15) is 5.76 Å². The molecule has 0 bridgehead atoms. The highest BCUT2D eigenvalue weighted by Crippen LogP contribution is 2.12. The van der Waals surface area contributed by atoms with E-state index in [1.807, 2.05) is 0 Å². The van der Waals surface area contributed by atoms with Crippen LogP contribution in [-0.4, -0.2) is 23.9 Å². The van der Waals surface area contributed by atoms with E-state index < -0.39 is 6.03 Å². The largest absolute Gasteiger partial charge is 0.465 e. The average Bonchev–Trinajstić information content (AvgIpc) is 2.73.